The third kappa shape index (κ3) is 4.71. The molecule has 0 saturated carbocycles. The topological polar surface area (TPSA) is 110 Å². The number of hydrogen-bond donors (Lipinski definition) is 2. The smallest absolute Gasteiger partial charge is 0.406 e. The van der Waals surface area contributed by atoms with Gasteiger partial charge in [-0.1, -0.05) is 5.16 Å². The van der Waals surface area contributed by atoms with Gasteiger partial charge in [0.2, 0.25) is 5.82 Å². The van der Waals surface area contributed by atoms with Gasteiger partial charge < -0.3 is 19.6 Å². The largest absolute Gasteiger partial charge is 0.573 e. The fourth-order valence-corrected chi connectivity index (χ4v) is 3.83. The molecule has 4 heterocycles. The minimum Gasteiger partial charge on any atom is -0.406 e. The van der Waals surface area contributed by atoms with Gasteiger partial charge in [0.25, 0.3) is 11.4 Å². The van der Waals surface area contributed by atoms with Crippen molar-refractivity contribution < 1.29 is 22.4 Å². The van der Waals surface area contributed by atoms with Crippen LogP contribution in [0.2, 0.25) is 0 Å². The van der Waals surface area contributed by atoms with Crippen molar-refractivity contribution in [3.05, 3.63) is 52.6 Å². The van der Waals surface area contributed by atoms with Crippen LogP contribution in [0, 0.1) is 0 Å². The van der Waals surface area contributed by atoms with E-state index in [1.165, 1.54) is 18.3 Å². The highest BCUT2D eigenvalue weighted by Gasteiger charge is 2.31. The average Bonchev–Trinajstić information content (AvgIpc) is 3.40. The predicted molar refractivity (Wildman–Crippen MR) is 113 cm³/mol. The van der Waals surface area contributed by atoms with Crippen molar-refractivity contribution in [1.29, 1.82) is 0 Å². The lowest BCUT2D eigenvalue weighted by Crippen LogP contribution is -2.28. The van der Waals surface area contributed by atoms with Gasteiger partial charge in [-0.05, 0) is 50.2 Å². The minimum atomic E-state index is -4.77. The molecule has 3 aromatic heterocycles. The second-order valence-corrected chi connectivity index (χ2v) is 7.40. The second kappa shape index (κ2) is 8.87. The van der Waals surface area contributed by atoms with Gasteiger partial charge in [0.15, 0.2) is 0 Å². The van der Waals surface area contributed by atoms with Gasteiger partial charge in [0.1, 0.15) is 17.0 Å². The molecule has 2 N–H and O–H groups in total. The number of piperidine rings is 1. The fraction of sp³-hybridized carbons (Fsp3) is 0.300. The van der Waals surface area contributed by atoms with Crippen LogP contribution < -0.4 is 15.6 Å². The third-order valence-electron chi connectivity index (χ3n) is 5.29. The fourth-order valence-electron chi connectivity index (χ4n) is 3.83. The molecule has 0 radical (unpaired) electrons. The van der Waals surface area contributed by atoms with E-state index in [9.17, 15) is 18.0 Å². The van der Waals surface area contributed by atoms with E-state index in [1.54, 1.807) is 10.6 Å². The SMILES string of the molecule is Cl.O=c1cc(C2CCNCC2)n2ncc(-c3nc(-c4ccc(OC(F)(F)F)cc4)no3)c2[nH]1. The summed E-state index contributed by atoms with van der Waals surface area (Å²) in [5, 5.41) is 11.6. The first-order valence-corrected chi connectivity index (χ1v) is 9.89. The van der Waals surface area contributed by atoms with Gasteiger partial charge in [-0.3, -0.25) is 4.79 Å². The van der Waals surface area contributed by atoms with Crippen LogP contribution >= 0.6 is 12.4 Å². The highest BCUT2D eigenvalue weighted by Crippen LogP contribution is 2.30. The van der Waals surface area contributed by atoms with Crippen molar-refractivity contribution in [2.45, 2.75) is 25.1 Å². The molecule has 174 valence electrons. The van der Waals surface area contributed by atoms with Crippen LogP contribution in [0.25, 0.3) is 28.5 Å². The number of nitrogens with one attached hydrogen (secondary N) is 2. The number of nitrogens with zero attached hydrogens (tertiary/aromatic N) is 4. The normalized spacial score (nSPS) is 14.9. The Labute approximate surface area is 190 Å². The molecule has 0 unspecified atom stereocenters. The average molecular weight is 483 g/mol. The van der Waals surface area contributed by atoms with Crippen molar-refractivity contribution in [3.63, 3.8) is 0 Å². The molecule has 0 atom stereocenters. The van der Waals surface area contributed by atoms with Crippen LogP contribution in [-0.4, -0.2) is 44.2 Å². The van der Waals surface area contributed by atoms with Gasteiger partial charge in [-0.15, -0.1) is 25.6 Å². The predicted octanol–water partition coefficient (Wildman–Crippen LogP) is 3.53. The van der Waals surface area contributed by atoms with Crippen LogP contribution in [0.3, 0.4) is 0 Å². The summed E-state index contributed by atoms with van der Waals surface area (Å²) < 4.78 is 47.9. The summed E-state index contributed by atoms with van der Waals surface area (Å²) in [6.45, 7) is 1.74. The summed E-state index contributed by atoms with van der Waals surface area (Å²) in [5.41, 5.74) is 1.89. The number of aromatic nitrogens is 5. The van der Waals surface area contributed by atoms with Crippen LogP contribution in [0.1, 0.15) is 24.5 Å². The molecule has 0 spiro atoms. The van der Waals surface area contributed by atoms with Crippen LogP contribution in [0.4, 0.5) is 13.2 Å². The number of alkyl halides is 3. The van der Waals surface area contributed by atoms with Gasteiger partial charge in [0, 0.05) is 17.5 Å². The first kappa shape index (κ1) is 22.8. The Balaban J connectivity index is 0.00000259. The van der Waals surface area contributed by atoms with Crippen molar-refractivity contribution in [2.24, 2.45) is 0 Å². The number of hydrogen-bond acceptors (Lipinski definition) is 7. The molecular weight excluding hydrogens is 465 g/mol. The molecular formula is C20H18ClF3N6O3. The molecule has 4 aromatic rings. The summed E-state index contributed by atoms with van der Waals surface area (Å²) >= 11 is 0. The molecule has 1 aliphatic heterocycles. The maximum absolute atomic E-state index is 12.3. The number of rotatable bonds is 4. The zero-order chi connectivity index (χ0) is 22.3. The zero-order valence-corrected chi connectivity index (χ0v) is 17.7. The number of halogens is 4. The number of benzene rings is 1. The van der Waals surface area contributed by atoms with E-state index in [4.69, 9.17) is 4.52 Å². The maximum atomic E-state index is 12.3. The van der Waals surface area contributed by atoms with E-state index < -0.39 is 6.36 Å². The van der Waals surface area contributed by atoms with Crippen molar-refractivity contribution in [3.8, 4) is 28.6 Å². The number of H-pyrrole nitrogens is 1. The lowest BCUT2D eigenvalue weighted by molar-refractivity contribution is -0.274. The van der Waals surface area contributed by atoms with Crippen molar-refractivity contribution >= 4 is 18.1 Å². The summed E-state index contributed by atoms with van der Waals surface area (Å²) in [6, 6.07) is 6.67. The number of aromatic amines is 1. The Kier molecular flexibility index (Phi) is 6.13. The van der Waals surface area contributed by atoms with Crippen LogP contribution in [0.15, 0.2) is 45.8 Å². The Morgan fingerprint density at radius 2 is 1.88 bits per heavy atom. The molecule has 1 aliphatic rings. The zero-order valence-electron chi connectivity index (χ0n) is 16.9. The minimum absolute atomic E-state index is 0. The van der Waals surface area contributed by atoms with E-state index in [-0.39, 0.29) is 41.3 Å². The molecule has 0 bridgehead atoms. The Bertz CT molecular complexity index is 1310. The van der Waals surface area contributed by atoms with E-state index in [2.05, 4.69) is 30.3 Å². The van der Waals surface area contributed by atoms with E-state index >= 15 is 0 Å². The van der Waals surface area contributed by atoms with Crippen molar-refractivity contribution in [2.75, 3.05) is 13.1 Å². The first-order chi connectivity index (χ1) is 15.4. The second-order valence-electron chi connectivity index (χ2n) is 7.40. The Morgan fingerprint density at radius 1 is 1.15 bits per heavy atom. The molecule has 0 aliphatic carbocycles. The van der Waals surface area contributed by atoms with Gasteiger partial charge in [-0.25, -0.2) is 4.52 Å². The lowest BCUT2D eigenvalue weighted by Gasteiger charge is -2.23. The van der Waals surface area contributed by atoms with Crippen LogP contribution in [0.5, 0.6) is 5.75 Å². The highest BCUT2D eigenvalue weighted by atomic mass is 35.5. The summed E-state index contributed by atoms with van der Waals surface area (Å²) in [7, 11) is 0. The van der Waals surface area contributed by atoms with Gasteiger partial charge >= 0.3 is 6.36 Å². The van der Waals surface area contributed by atoms with Gasteiger partial charge in [0.05, 0.1) is 11.9 Å². The van der Waals surface area contributed by atoms with Crippen LogP contribution in [-0.2, 0) is 0 Å². The first-order valence-electron chi connectivity index (χ1n) is 9.89. The van der Waals surface area contributed by atoms with Crippen molar-refractivity contribution in [1.82, 2.24) is 30.1 Å². The molecule has 1 saturated heterocycles. The third-order valence-corrected chi connectivity index (χ3v) is 5.29. The lowest BCUT2D eigenvalue weighted by atomic mass is 9.94. The standard InChI is InChI=1S/C20H17F3N6O3.ClH/c21-20(22,23)31-13-3-1-12(2-4-13)17-27-19(32-28-17)14-10-25-29-15(9-16(30)26-18(14)29)11-5-7-24-8-6-11;/h1-4,9-11,24H,5-8H2,(H,26,30);1H. The van der Waals surface area contributed by atoms with E-state index in [0.29, 0.717) is 16.8 Å². The molecule has 5 rings (SSSR count). The monoisotopic (exact) mass is 482 g/mol. The molecule has 1 aromatic carbocycles. The molecule has 33 heavy (non-hydrogen) atoms. The van der Waals surface area contributed by atoms with E-state index in [1.807, 2.05) is 0 Å². The van der Waals surface area contributed by atoms with E-state index in [0.717, 1.165) is 43.8 Å². The maximum Gasteiger partial charge on any atom is 0.573 e. The quantitative estimate of drug-likeness (QED) is 0.458. The summed E-state index contributed by atoms with van der Waals surface area (Å²) in [5.74, 6) is 0.151. The molecule has 0 amide bonds. The molecule has 9 nitrogen and oxygen atoms in total. The highest BCUT2D eigenvalue weighted by molar-refractivity contribution is 5.85. The molecule has 13 heteroatoms. The number of ether oxygens (including phenoxy) is 1. The summed E-state index contributed by atoms with van der Waals surface area (Å²) in [4.78, 5) is 19.4. The summed E-state index contributed by atoms with van der Waals surface area (Å²) in [6.07, 6.45) is -1.44. The number of fused-ring (bicyclic) bond motifs is 1. The van der Waals surface area contributed by atoms with Gasteiger partial charge in [-0.2, -0.15) is 10.1 Å². The molecule has 1 fully saturated rings. The Morgan fingerprint density at radius 3 is 2.58 bits per heavy atom. The Hall–Kier alpha value is -3.38.